The molecule has 0 bridgehead atoms. The van der Waals surface area contributed by atoms with E-state index in [0.717, 1.165) is 42.5 Å². The first-order valence-corrected chi connectivity index (χ1v) is 18.4. The fraction of sp³-hybridized carbons (Fsp3) is 0.419. The number of esters is 3. The zero-order valence-electron chi connectivity index (χ0n) is 33.7. The molecule has 0 saturated heterocycles. The molecule has 0 aliphatic heterocycles. The number of rotatable bonds is 15. The van der Waals surface area contributed by atoms with Crippen molar-refractivity contribution < 1.29 is 82.3 Å². The Hall–Kier alpha value is -5.20. The maximum Gasteiger partial charge on any atom is 0.432 e. The van der Waals surface area contributed by atoms with Gasteiger partial charge in [-0.25, -0.2) is 14.4 Å². The van der Waals surface area contributed by atoms with Crippen LogP contribution in [0.1, 0.15) is 50.3 Å². The highest BCUT2D eigenvalue weighted by molar-refractivity contribution is 5.84. The number of benzene rings is 3. The molecule has 332 valence electrons. The maximum atomic E-state index is 14.8. The van der Waals surface area contributed by atoms with Crippen LogP contribution < -0.4 is 0 Å². The average Bonchev–Trinajstić information content (AvgIpc) is 3.17. The van der Waals surface area contributed by atoms with Gasteiger partial charge in [-0.1, -0.05) is 111 Å². The molecular weight excluding hydrogens is 831 g/mol. The highest BCUT2D eigenvalue weighted by atomic mass is 19.4. The molecule has 61 heavy (non-hydrogen) atoms. The first-order chi connectivity index (χ1) is 28.4. The Labute approximate surface area is 345 Å². The van der Waals surface area contributed by atoms with Crippen LogP contribution in [0.15, 0.2) is 114 Å². The molecule has 0 N–H and O–H groups in total. The molecule has 0 amide bonds. The standard InChI is InChI=1S/C43H43F9O9/c1-27(60-35(54)39(57-5,42(47,48)49)30-18-12-8-13-19-30)22-23-33-28(26-59-34(53)38(56-4,41(44,45)46)29-16-10-7-11-17-29)24-32(25-37(33,2)3)61-36(55)40(58-6,43(50,51)52)31-20-14-9-15-21-31/h7-23,27,32H,24-26H2,1-6H3/b23-22+/t27-,32+,38+,39+,40+/m0/s1. The lowest BCUT2D eigenvalue weighted by molar-refractivity contribution is -0.279. The third-order valence-corrected chi connectivity index (χ3v) is 10.3. The molecule has 0 radical (unpaired) electrons. The first-order valence-electron chi connectivity index (χ1n) is 18.4. The van der Waals surface area contributed by atoms with Crippen LogP contribution in [0.4, 0.5) is 39.5 Å². The minimum absolute atomic E-state index is 0.0713. The lowest BCUT2D eigenvalue weighted by Gasteiger charge is -2.40. The van der Waals surface area contributed by atoms with Gasteiger partial charge in [-0.2, -0.15) is 39.5 Å². The monoisotopic (exact) mass is 874 g/mol. The minimum Gasteiger partial charge on any atom is -0.459 e. The summed E-state index contributed by atoms with van der Waals surface area (Å²) in [5.41, 5.74) is -13.8. The van der Waals surface area contributed by atoms with E-state index in [4.69, 9.17) is 28.4 Å². The van der Waals surface area contributed by atoms with Gasteiger partial charge in [0.15, 0.2) is 0 Å². The fourth-order valence-electron chi connectivity index (χ4n) is 7.35. The number of alkyl halides is 9. The highest BCUT2D eigenvalue weighted by Gasteiger charge is 2.66. The largest absolute Gasteiger partial charge is 0.459 e. The number of methoxy groups -OCH3 is 3. The van der Waals surface area contributed by atoms with Crippen molar-refractivity contribution in [3.05, 3.63) is 131 Å². The molecule has 3 aromatic carbocycles. The number of halogens is 9. The fourth-order valence-corrected chi connectivity index (χ4v) is 7.35. The second kappa shape index (κ2) is 18.4. The van der Waals surface area contributed by atoms with E-state index in [1.807, 2.05) is 0 Å². The summed E-state index contributed by atoms with van der Waals surface area (Å²) in [4.78, 5) is 40.5. The number of allylic oxidation sites excluding steroid dienone is 2. The number of hydrogen-bond acceptors (Lipinski definition) is 9. The van der Waals surface area contributed by atoms with Gasteiger partial charge in [0.2, 0.25) is 0 Å². The normalized spacial score (nSPS) is 19.6. The first kappa shape index (κ1) is 48.5. The second-order valence-electron chi connectivity index (χ2n) is 14.6. The van der Waals surface area contributed by atoms with Gasteiger partial charge in [0.05, 0.1) is 0 Å². The summed E-state index contributed by atoms with van der Waals surface area (Å²) in [6.45, 7) is 3.27. The molecule has 3 aromatic rings. The number of carbonyl (C=O) groups excluding carboxylic acids is 3. The van der Waals surface area contributed by atoms with Crippen LogP contribution in [-0.2, 0) is 59.6 Å². The van der Waals surface area contributed by atoms with Gasteiger partial charge in [-0.15, -0.1) is 0 Å². The lowest BCUT2D eigenvalue weighted by atomic mass is 9.71. The molecule has 0 saturated carbocycles. The zero-order valence-corrected chi connectivity index (χ0v) is 33.7. The molecule has 18 heteroatoms. The Bertz CT molecular complexity index is 2050. The van der Waals surface area contributed by atoms with E-state index in [9.17, 15) is 53.9 Å². The summed E-state index contributed by atoms with van der Waals surface area (Å²) < 4.78 is 163. The number of hydrogen-bond donors (Lipinski definition) is 0. The summed E-state index contributed by atoms with van der Waals surface area (Å²) in [5.74, 6) is -5.63. The summed E-state index contributed by atoms with van der Waals surface area (Å²) in [6, 6.07) is 17.7. The van der Waals surface area contributed by atoms with Gasteiger partial charge >= 0.3 is 36.4 Å². The smallest absolute Gasteiger partial charge is 0.432 e. The Morgan fingerprint density at radius 2 is 1.02 bits per heavy atom. The molecule has 0 aromatic heterocycles. The topological polar surface area (TPSA) is 107 Å². The number of carbonyl (C=O) groups is 3. The second-order valence-corrected chi connectivity index (χ2v) is 14.6. The summed E-state index contributed by atoms with van der Waals surface area (Å²) in [5, 5.41) is 0. The van der Waals surface area contributed by atoms with Crippen molar-refractivity contribution in [2.24, 2.45) is 5.41 Å². The molecule has 0 heterocycles. The van der Waals surface area contributed by atoms with Crippen LogP contribution >= 0.6 is 0 Å². The van der Waals surface area contributed by atoms with Crippen molar-refractivity contribution in [2.75, 3.05) is 27.9 Å². The highest BCUT2D eigenvalue weighted by Crippen LogP contribution is 2.48. The van der Waals surface area contributed by atoms with Crippen LogP contribution in [0.5, 0.6) is 0 Å². The van der Waals surface area contributed by atoms with Crippen LogP contribution in [0.25, 0.3) is 0 Å². The Morgan fingerprint density at radius 3 is 1.39 bits per heavy atom. The van der Waals surface area contributed by atoms with Crippen LogP contribution in [0, 0.1) is 5.41 Å². The van der Waals surface area contributed by atoms with E-state index in [2.05, 4.69) is 0 Å². The van der Waals surface area contributed by atoms with E-state index in [1.54, 1.807) is 0 Å². The van der Waals surface area contributed by atoms with Gasteiger partial charge in [0.25, 0.3) is 16.8 Å². The van der Waals surface area contributed by atoms with Crippen molar-refractivity contribution in [3.8, 4) is 0 Å². The number of ether oxygens (including phenoxy) is 6. The van der Waals surface area contributed by atoms with Gasteiger partial charge in [0.1, 0.15) is 18.8 Å². The van der Waals surface area contributed by atoms with E-state index in [1.165, 1.54) is 81.4 Å². The predicted molar refractivity (Wildman–Crippen MR) is 199 cm³/mol. The minimum atomic E-state index is -5.38. The molecule has 9 nitrogen and oxygen atoms in total. The predicted octanol–water partition coefficient (Wildman–Crippen LogP) is 9.36. The SMILES string of the molecule is CO[C@@](C(=O)OCC1=C(/C=C/[C@H](C)OC(=O)[C@](OC)(c2ccccc2)C(F)(F)F)C(C)(C)C[C@H](OC(=O)[C@](OC)(c2ccccc2)C(F)(F)F)C1)(c1ccccc1)C(F)(F)F. The van der Waals surface area contributed by atoms with E-state index >= 15 is 0 Å². The Morgan fingerprint density at radius 1 is 0.639 bits per heavy atom. The van der Waals surface area contributed by atoms with Gasteiger partial charge < -0.3 is 28.4 Å². The molecule has 1 aliphatic rings. The van der Waals surface area contributed by atoms with Gasteiger partial charge in [0, 0.05) is 44.4 Å². The van der Waals surface area contributed by atoms with Gasteiger partial charge in [-0.05, 0) is 36.0 Å². The van der Waals surface area contributed by atoms with Crippen LogP contribution in [0.3, 0.4) is 0 Å². The van der Waals surface area contributed by atoms with Crippen molar-refractivity contribution >= 4 is 17.9 Å². The molecule has 0 fully saturated rings. The van der Waals surface area contributed by atoms with Crippen LogP contribution in [-0.4, -0.2) is 76.6 Å². The summed E-state index contributed by atoms with van der Waals surface area (Å²) in [7, 11) is 1.98. The molecular formula is C43H43F9O9. The van der Waals surface area contributed by atoms with Crippen LogP contribution in [0.2, 0.25) is 0 Å². The van der Waals surface area contributed by atoms with E-state index < -0.39 is 101 Å². The molecule has 1 aliphatic carbocycles. The molecule has 0 spiro atoms. The lowest BCUT2D eigenvalue weighted by Crippen LogP contribution is -2.53. The third kappa shape index (κ3) is 9.35. The molecule has 4 rings (SSSR count). The molecule has 5 atom stereocenters. The van der Waals surface area contributed by atoms with E-state index in [0.29, 0.717) is 21.3 Å². The summed E-state index contributed by atoms with van der Waals surface area (Å²) in [6.07, 6.45) is -17.3. The maximum absolute atomic E-state index is 14.8. The van der Waals surface area contributed by atoms with Gasteiger partial charge in [-0.3, -0.25) is 0 Å². The Balaban J connectivity index is 1.77. The quantitative estimate of drug-likeness (QED) is 0.0839. The third-order valence-electron chi connectivity index (χ3n) is 10.3. The van der Waals surface area contributed by atoms with Crippen molar-refractivity contribution in [3.63, 3.8) is 0 Å². The summed E-state index contributed by atoms with van der Waals surface area (Å²) >= 11 is 0. The van der Waals surface area contributed by atoms with E-state index in [-0.39, 0.29) is 17.6 Å². The molecule has 0 unspecified atom stereocenters. The zero-order chi connectivity index (χ0) is 45.7. The Kier molecular flexibility index (Phi) is 14.6. The van der Waals surface area contributed by atoms with Crippen molar-refractivity contribution in [2.45, 2.75) is 81.2 Å². The van der Waals surface area contributed by atoms with Crippen molar-refractivity contribution in [1.82, 2.24) is 0 Å². The average molecular weight is 875 g/mol. The van der Waals surface area contributed by atoms with Crippen molar-refractivity contribution in [1.29, 1.82) is 0 Å².